The molecule has 1 aliphatic rings. The molecular weight excluding hydrogens is 264 g/mol. The maximum absolute atomic E-state index is 11.3. The summed E-state index contributed by atoms with van der Waals surface area (Å²) in [5.74, 6) is 0.0686. The van der Waals surface area contributed by atoms with Gasteiger partial charge in [0.1, 0.15) is 12.8 Å². The molecule has 0 aromatic rings. The molecule has 0 amide bonds. The number of nitrogens with two attached hydrogens (primary N) is 1. The first kappa shape index (κ1) is 15.1. The predicted octanol–water partition coefficient (Wildman–Crippen LogP) is -1.74. The predicted molar refractivity (Wildman–Crippen MR) is 63.2 cm³/mol. The quantitative estimate of drug-likeness (QED) is 0.387. The van der Waals surface area contributed by atoms with E-state index in [1.807, 2.05) is 5.48 Å². The number of nitrogens with zero attached hydrogens (tertiary/aromatic N) is 2. The summed E-state index contributed by atoms with van der Waals surface area (Å²) in [7, 11) is -1.54. The van der Waals surface area contributed by atoms with Crippen molar-refractivity contribution in [3.8, 4) is 0 Å². The molecule has 1 aliphatic heterocycles. The molecule has 0 saturated carbocycles. The Kier molecular flexibility index (Phi) is 5.28. The van der Waals surface area contributed by atoms with Crippen LogP contribution in [0, 0.1) is 0 Å². The summed E-state index contributed by atoms with van der Waals surface area (Å²) in [6, 6.07) is -0.626. The van der Waals surface area contributed by atoms with Crippen molar-refractivity contribution in [2.75, 3.05) is 25.2 Å². The van der Waals surface area contributed by atoms with Crippen molar-refractivity contribution in [2.24, 2.45) is 10.9 Å². The van der Waals surface area contributed by atoms with Crippen LogP contribution in [0.4, 0.5) is 0 Å². The molecule has 18 heavy (non-hydrogen) atoms. The van der Waals surface area contributed by atoms with Gasteiger partial charge in [0.2, 0.25) is 0 Å². The van der Waals surface area contributed by atoms with Crippen LogP contribution in [0.15, 0.2) is 5.16 Å². The zero-order valence-corrected chi connectivity index (χ0v) is 11.1. The van der Waals surface area contributed by atoms with E-state index in [-0.39, 0.29) is 24.0 Å². The Balaban J connectivity index is 2.51. The zero-order chi connectivity index (χ0) is 13.8. The lowest BCUT2D eigenvalue weighted by molar-refractivity contribution is -0.142. The van der Waals surface area contributed by atoms with Crippen LogP contribution in [0.25, 0.3) is 0 Å². The van der Waals surface area contributed by atoms with Crippen LogP contribution in [0.3, 0.4) is 0 Å². The average Bonchev–Trinajstić information content (AvgIpc) is 2.69. The highest BCUT2D eigenvalue weighted by Crippen LogP contribution is 2.12. The molecule has 0 radical (unpaired) electrons. The van der Waals surface area contributed by atoms with E-state index in [1.165, 1.54) is 5.06 Å². The summed E-state index contributed by atoms with van der Waals surface area (Å²) in [6.45, 7) is 1.52. The summed E-state index contributed by atoms with van der Waals surface area (Å²) in [5.41, 5.74) is 7.44. The van der Waals surface area contributed by atoms with E-state index < -0.39 is 22.0 Å². The maximum atomic E-state index is 11.3. The first-order valence-corrected chi connectivity index (χ1v) is 7.19. The van der Waals surface area contributed by atoms with Crippen LogP contribution in [-0.4, -0.2) is 62.0 Å². The Morgan fingerprint density at radius 2 is 2.39 bits per heavy atom. The van der Waals surface area contributed by atoms with E-state index in [2.05, 4.69) is 5.16 Å². The van der Waals surface area contributed by atoms with Crippen molar-refractivity contribution in [1.82, 2.24) is 10.5 Å². The van der Waals surface area contributed by atoms with E-state index in [1.54, 1.807) is 14.0 Å². The third-order valence-electron chi connectivity index (χ3n) is 2.48. The SMILES string of the molecule is CCS(=O)(=O)CCOC1=NON(C)C1[C@H](N)NO. The van der Waals surface area contributed by atoms with Crippen molar-refractivity contribution in [3.05, 3.63) is 0 Å². The van der Waals surface area contributed by atoms with Gasteiger partial charge in [-0.1, -0.05) is 6.92 Å². The Morgan fingerprint density at radius 3 is 2.94 bits per heavy atom. The molecule has 2 atom stereocenters. The fraction of sp³-hybridized carbons (Fsp3) is 0.875. The molecule has 9 nitrogen and oxygen atoms in total. The molecule has 0 bridgehead atoms. The summed E-state index contributed by atoms with van der Waals surface area (Å²) in [5, 5.41) is 13.7. The van der Waals surface area contributed by atoms with Gasteiger partial charge in [-0.25, -0.2) is 8.42 Å². The van der Waals surface area contributed by atoms with E-state index >= 15 is 0 Å². The van der Waals surface area contributed by atoms with Gasteiger partial charge in [-0.2, -0.15) is 5.48 Å². The summed E-state index contributed by atoms with van der Waals surface area (Å²) in [4.78, 5) is 4.83. The number of hydrogen-bond acceptors (Lipinski definition) is 9. The van der Waals surface area contributed by atoms with Crippen LogP contribution in [0.5, 0.6) is 0 Å². The largest absolute Gasteiger partial charge is 0.476 e. The minimum Gasteiger partial charge on any atom is -0.476 e. The van der Waals surface area contributed by atoms with E-state index in [0.29, 0.717) is 0 Å². The van der Waals surface area contributed by atoms with Crippen molar-refractivity contribution in [1.29, 1.82) is 0 Å². The minimum absolute atomic E-state index is 0.0408. The van der Waals surface area contributed by atoms with Gasteiger partial charge < -0.3 is 15.7 Å². The molecule has 0 saturated heterocycles. The summed E-state index contributed by atoms with van der Waals surface area (Å²) in [6.07, 6.45) is -0.862. The molecular formula is C8H18N4O5S. The molecule has 0 spiro atoms. The molecule has 0 aromatic carbocycles. The molecule has 0 fully saturated rings. The maximum Gasteiger partial charge on any atom is 0.252 e. The second-order valence-electron chi connectivity index (χ2n) is 3.74. The zero-order valence-electron chi connectivity index (χ0n) is 10.2. The van der Waals surface area contributed by atoms with Crippen molar-refractivity contribution in [3.63, 3.8) is 0 Å². The van der Waals surface area contributed by atoms with Gasteiger partial charge in [0.25, 0.3) is 5.90 Å². The fourth-order valence-electron chi connectivity index (χ4n) is 1.34. The van der Waals surface area contributed by atoms with Crippen molar-refractivity contribution >= 4 is 15.7 Å². The highest BCUT2D eigenvalue weighted by molar-refractivity contribution is 7.91. The van der Waals surface area contributed by atoms with Gasteiger partial charge in [-0.15, -0.1) is 5.06 Å². The molecule has 1 rings (SSSR count). The van der Waals surface area contributed by atoms with Gasteiger partial charge in [-0.05, 0) is 5.16 Å². The first-order valence-electron chi connectivity index (χ1n) is 5.37. The monoisotopic (exact) mass is 282 g/mol. The van der Waals surface area contributed by atoms with E-state index in [4.69, 9.17) is 20.6 Å². The minimum atomic E-state index is -3.10. The lowest BCUT2D eigenvalue weighted by atomic mass is 10.2. The summed E-state index contributed by atoms with van der Waals surface area (Å²) >= 11 is 0. The Bertz CT molecular complexity index is 398. The molecule has 106 valence electrons. The Hall–Kier alpha value is -0.940. The number of rotatable bonds is 6. The number of hydroxylamine groups is 3. The number of oxime groups is 1. The number of likely N-dealkylation sites (N-methyl/N-ethyl adjacent to an activating group) is 1. The Morgan fingerprint density at radius 1 is 1.72 bits per heavy atom. The molecule has 1 unspecified atom stereocenters. The smallest absolute Gasteiger partial charge is 0.252 e. The molecule has 10 heteroatoms. The standard InChI is InChI=1S/C8H18N4O5S/c1-3-18(14,15)5-4-16-8-6(7(9)10-13)12(2)17-11-8/h6-7,10,13H,3-5,9H2,1-2H3/t6?,7-/m1/s1. The van der Waals surface area contributed by atoms with Crippen LogP contribution >= 0.6 is 0 Å². The number of hydrogen-bond donors (Lipinski definition) is 3. The highest BCUT2D eigenvalue weighted by atomic mass is 32.2. The number of nitrogens with one attached hydrogen (secondary N) is 1. The van der Waals surface area contributed by atoms with E-state index in [0.717, 1.165) is 0 Å². The number of ether oxygens (including phenoxy) is 1. The Labute approximate surface area is 105 Å². The topological polar surface area (TPSA) is 126 Å². The van der Waals surface area contributed by atoms with Crippen LogP contribution in [0.1, 0.15) is 6.92 Å². The van der Waals surface area contributed by atoms with Crippen molar-refractivity contribution < 1.29 is 23.3 Å². The van der Waals surface area contributed by atoms with Gasteiger partial charge in [0.15, 0.2) is 15.9 Å². The molecule has 1 heterocycles. The van der Waals surface area contributed by atoms with Crippen LogP contribution in [-0.2, 0) is 19.5 Å². The van der Waals surface area contributed by atoms with E-state index in [9.17, 15) is 8.42 Å². The summed E-state index contributed by atoms with van der Waals surface area (Å²) < 4.78 is 27.8. The van der Waals surface area contributed by atoms with Gasteiger partial charge >= 0.3 is 0 Å². The molecule has 4 N–H and O–H groups in total. The molecule has 0 aliphatic carbocycles. The second-order valence-corrected chi connectivity index (χ2v) is 6.21. The van der Waals surface area contributed by atoms with Crippen molar-refractivity contribution in [2.45, 2.75) is 19.1 Å². The van der Waals surface area contributed by atoms with Gasteiger partial charge in [0, 0.05) is 12.8 Å². The third-order valence-corrected chi connectivity index (χ3v) is 4.15. The normalized spacial score (nSPS) is 22.4. The first-order chi connectivity index (χ1) is 8.41. The second kappa shape index (κ2) is 6.29. The van der Waals surface area contributed by atoms with Gasteiger partial charge in [0.05, 0.1) is 5.75 Å². The fourth-order valence-corrected chi connectivity index (χ4v) is 1.97. The molecule has 0 aromatic heterocycles. The number of sulfone groups is 1. The van der Waals surface area contributed by atoms with Crippen LogP contribution in [0.2, 0.25) is 0 Å². The highest BCUT2D eigenvalue weighted by Gasteiger charge is 2.36. The van der Waals surface area contributed by atoms with Crippen LogP contribution < -0.4 is 11.2 Å². The lowest BCUT2D eigenvalue weighted by Gasteiger charge is -2.22. The lowest BCUT2D eigenvalue weighted by Crippen LogP contribution is -2.54. The average molecular weight is 282 g/mol. The third kappa shape index (κ3) is 3.78. The van der Waals surface area contributed by atoms with Gasteiger partial charge in [-0.3, -0.25) is 4.94 Å².